The highest BCUT2D eigenvalue weighted by Crippen LogP contribution is 2.41. The summed E-state index contributed by atoms with van der Waals surface area (Å²) in [6.07, 6.45) is 4.19. The van der Waals surface area contributed by atoms with Crippen LogP contribution in [0.2, 0.25) is 0 Å². The Morgan fingerprint density at radius 2 is 2.20 bits per heavy atom. The number of benzene rings is 1. The second kappa shape index (κ2) is 3.32. The maximum absolute atomic E-state index is 10.8. The van der Waals surface area contributed by atoms with Crippen molar-refractivity contribution in [1.82, 2.24) is 5.32 Å². The summed E-state index contributed by atoms with van der Waals surface area (Å²) in [4.78, 5) is 0. The van der Waals surface area contributed by atoms with Crippen molar-refractivity contribution in [2.45, 2.75) is 37.3 Å². The fraction of sp³-hybridized carbons (Fsp3) is 0.538. The van der Waals surface area contributed by atoms with E-state index in [2.05, 4.69) is 23.5 Å². The molecule has 0 radical (unpaired) electrons. The lowest BCUT2D eigenvalue weighted by Crippen LogP contribution is -2.43. The summed E-state index contributed by atoms with van der Waals surface area (Å²) in [5.74, 6) is 0. The lowest BCUT2D eigenvalue weighted by Gasteiger charge is -2.31. The standard InChI is InChI=1S/C13H17NO/c15-13(12-6-3-9-14-12)8-7-10-4-1-2-5-11(10)13/h1-2,4-5,12,14-15H,3,6-9H2/t12-,13-/m1/s1. The quantitative estimate of drug-likeness (QED) is 0.726. The zero-order chi connectivity index (χ0) is 10.3. The van der Waals surface area contributed by atoms with Crippen LogP contribution < -0.4 is 5.32 Å². The van der Waals surface area contributed by atoms with Crippen LogP contribution in [0.3, 0.4) is 0 Å². The number of aryl methyl sites for hydroxylation is 1. The van der Waals surface area contributed by atoms with E-state index < -0.39 is 5.60 Å². The van der Waals surface area contributed by atoms with Gasteiger partial charge in [0.2, 0.25) is 0 Å². The molecular weight excluding hydrogens is 186 g/mol. The van der Waals surface area contributed by atoms with Gasteiger partial charge in [0.25, 0.3) is 0 Å². The summed E-state index contributed by atoms with van der Waals surface area (Å²) >= 11 is 0. The summed E-state index contributed by atoms with van der Waals surface area (Å²) in [6, 6.07) is 8.59. The monoisotopic (exact) mass is 203 g/mol. The lowest BCUT2D eigenvalue weighted by molar-refractivity contribution is 0.00461. The molecule has 0 amide bonds. The SMILES string of the molecule is O[C@]1([C@H]2CCCN2)CCc2ccccc21. The van der Waals surface area contributed by atoms with E-state index in [1.165, 1.54) is 12.0 Å². The summed E-state index contributed by atoms with van der Waals surface area (Å²) in [6.45, 7) is 1.05. The van der Waals surface area contributed by atoms with Crippen molar-refractivity contribution in [2.24, 2.45) is 0 Å². The van der Waals surface area contributed by atoms with Crippen LogP contribution in [-0.4, -0.2) is 17.7 Å². The molecule has 3 rings (SSSR count). The minimum Gasteiger partial charge on any atom is -0.384 e. The maximum Gasteiger partial charge on any atom is 0.105 e. The summed E-state index contributed by atoms with van der Waals surface area (Å²) in [5.41, 5.74) is 1.88. The van der Waals surface area contributed by atoms with Crippen LogP contribution in [-0.2, 0) is 12.0 Å². The van der Waals surface area contributed by atoms with Crippen molar-refractivity contribution in [3.8, 4) is 0 Å². The molecule has 80 valence electrons. The number of nitrogens with one attached hydrogen (secondary N) is 1. The van der Waals surface area contributed by atoms with Gasteiger partial charge in [0.15, 0.2) is 0 Å². The fourth-order valence-corrected chi connectivity index (χ4v) is 3.07. The second-order valence-corrected chi connectivity index (χ2v) is 4.73. The molecule has 0 saturated carbocycles. The highest BCUT2D eigenvalue weighted by Gasteiger charge is 2.44. The summed E-state index contributed by atoms with van der Waals surface area (Å²) < 4.78 is 0. The Morgan fingerprint density at radius 3 is 3.00 bits per heavy atom. The van der Waals surface area contributed by atoms with Gasteiger partial charge >= 0.3 is 0 Å². The van der Waals surface area contributed by atoms with E-state index in [1.54, 1.807) is 0 Å². The molecular formula is C13H17NO. The third-order valence-corrected chi connectivity index (χ3v) is 3.90. The molecule has 1 heterocycles. The van der Waals surface area contributed by atoms with Crippen molar-refractivity contribution < 1.29 is 5.11 Å². The minimum absolute atomic E-state index is 0.265. The van der Waals surface area contributed by atoms with Gasteiger partial charge in [-0.2, -0.15) is 0 Å². The van der Waals surface area contributed by atoms with Crippen molar-refractivity contribution in [1.29, 1.82) is 0 Å². The van der Waals surface area contributed by atoms with Crippen LogP contribution in [0, 0.1) is 0 Å². The van der Waals surface area contributed by atoms with Crippen LogP contribution in [0.4, 0.5) is 0 Å². The maximum atomic E-state index is 10.8. The molecule has 1 aliphatic carbocycles. The van der Waals surface area contributed by atoms with Gasteiger partial charge in [-0.05, 0) is 43.4 Å². The van der Waals surface area contributed by atoms with E-state index in [0.29, 0.717) is 0 Å². The molecule has 0 unspecified atom stereocenters. The van der Waals surface area contributed by atoms with Crippen LogP contribution in [0.25, 0.3) is 0 Å². The first kappa shape index (κ1) is 9.37. The normalized spacial score (nSPS) is 34.3. The second-order valence-electron chi connectivity index (χ2n) is 4.73. The van der Waals surface area contributed by atoms with Crippen molar-refractivity contribution in [3.63, 3.8) is 0 Å². The number of fused-ring (bicyclic) bond motifs is 1. The zero-order valence-corrected chi connectivity index (χ0v) is 8.87. The fourth-order valence-electron chi connectivity index (χ4n) is 3.07. The van der Waals surface area contributed by atoms with Crippen LogP contribution in [0.15, 0.2) is 24.3 Å². The van der Waals surface area contributed by atoms with Gasteiger partial charge in [0, 0.05) is 6.04 Å². The Hall–Kier alpha value is -0.860. The Labute approximate surface area is 90.3 Å². The Morgan fingerprint density at radius 1 is 1.33 bits per heavy atom. The van der Waals surface area contributed by atoms with E-state index in [4.69, 9.17) is 0 Å². The highest BCUT2D eigenvalue weighted by atomic mass is 16.3. The minimum atomic E-state index is -0.604. The molecule has 2 N–H and O–H groups in total. The van der Waals surface area contributed by atoms with Gasteiger partial charge in [0.1, 0.15) is 5.60 Å². The molecule has 1 saturated heterocycles. The summed E-state index contributed by atoms with van der Waals surface area (Å²) in [5, 5.41) is 14.2. The smallest absolute Gasteiger partial charge is 0.105 e. The molecule has 2 aliphatic rings. The largest absolute Gasteiger partial charge is 0.384 e. The van der Waals surface area contributed by atoms with Gasteiger partial charge in [0.05, 0.1) is 0 Å². The number of hydrogen-bond donors (Lipinski definition) is 2. The molecule has 1 aromatic carbocycles. The number of rotatable bonds is 1. The molecule has 0 bridgehead atoms. The molecule has 1 fully saturated rings. The molecule has 0 aromatic heterocycles. The summed E-state index contributed by atoms with van der Waals surface area (Å²) in [7, 11) is 0. The van der Waals surface area contributed by atoms with Crippen molar-refractivity contribution >= 4 is 0 Å². The van der Waals surface area contributed by atoms with Crippen LogP contribution in [0.5, 0.6) is 0 Å². The average molecular weight is 203 g/mol. The predicted molar refractivity (Wildman–Crippen MR) is 59.7 cm³/mol. The Kier molecular flexibility index (Phi) is 2.08. The molecule has 0 spiro atoms. The number of hydrogen-bond acceptors (Lipinski definition) is 2. The van der Waals surface area contributed by atoms with Gasteiger partial charge in [-0.25, -0.2) is 0 Å². The average Bonchev–Trinajstić information content (AvgIpc) is 2.88. The van der Waals surface area contributed by atoms with Crippen LogP contribution >= 0.6 is 0 Å². The van der Waals surface area contributed by atoms with Crippen molar-refractivity contribution in [2.75, 3.05) is 6.54 Å². The molecule has 1 aliphatic heterocycles. The lowest BCUT2D eigenvalue weighted by atomic mass is 9.87. The number of aliphatic hydroxyl groups is 1. The van der Waals surface area contributed by atoms with E-state index in [-0.39, 0.29) is 6.04 Å². The zero-order valence-electron chi connectivity index (χ0n) is 8.87. The van der Waals surface area contributed by atoms with Gasteiger partial charge in [-0.1, -0.05) is 24.3 Å². The third-order valence-electron chi connectivity index (χ3n) is 3.90. The first-order chi connectivity index (χ1) is 7.31. The van der Waals surface area contributed by atoms with E-state index in [9.17, 15) is 5.11 Å². The van der Waals surface area contributed by atoms with Crippen molar-refractivity contribution in [3.05, 3.63) is 35.4 Å². The first-order valence-electron chi connectivity index (χ1n) is 5.85. The molecule has 2 heteroatoms. The highest BCUT2D eigenvalue weighted by molar-refractivity contribution is 5.38. The molecule has 2 atom stereocenters. The predicted octanol–water partition coefficient (Wildman–Crippen LogP) is 1.57. The molecule has 1 aromatic rings. The third kappa shape index (κ3) is 1.32. The molecule has 2 nitrogen and oxygen atoms in total. The first-order valence-corrected chi connectivity index (χ1v) is 5.85. The topological polar surface area (TPSA) is 32.3 Å². The van der Waals surface area contributed by atoms with Crippen LogP contribution in [0.1, 0.15) is 30.4 Å². The van der Waals surface area contributed by atoms with E-state index in [0.717, 1.165) is 31.4 Å². The van der Waals surface area contributed by atoms with E-state index >= 15 is 0 Å². The van der Waals surface area contributed by atoms with Gasteiger partial charge < -0.3 is 10.4 Å². The Bertz CT molecular complexity index is 371. The molecule has 15 heavy (non-hydrogen) atoms. The van der Waals surface area contributed by atoms with Gasteiger partial charge in [-0.3, -0.25) is 0 Å². The van der Waals surface area contributed by atoms with Gasteiger partial charge in [-0.15, -0.1) is 0 Å². The Balaban J connectivity index is 2.00. The van der Waals surface area contributed by atoms with E-state index in [1.807, 2.05) is 6.07 Å².